The molecule has 0 spiro atoms. The van der Waals surface area contributed by atoms with E-state index in [4.69, 9.17) is 4.74 Å². The fourth-order valence-corrected chi connectivity index (χ4v) is 3.17. The topological polar surface area (TPSA) is 67.8 Å². The number of alkyl halides is 2. The van der Waals surface area contributed by atoms with Crippen molar-refractivity contribution in [2.45, 2.75) is 40.5 Å². The molecule has 0 bridgehead atoms. The van der Waals surface area contributed by atoms with Crippen molar-refractivity contribution in [3.8, 4) is 11.5 Å². The third-order valence-electron chi connectivity index (χ3n) is 3.72. The van der Waals surface area contributed by atoms with Crippen molar-refractivity contribution in [3.63, 3.8) is 0 Å². The number of nitrogens with zero attached hydrogens (tertiary/aromatic N) is 2. The van der Waals surface area contributed by atoms with Crippen LogP contribution in [0.4, 0.5) is 8.78 Å². The van der Waals surface area contributed by atoms with Crippen LogP contribution in [0.1, 0.15) is 28.1 Å². The highest BCUT2D eigenvalue weighted by Crippen LogP contribution is 2.26. The number of nitrogens with one attached hydrogen (secondary N) is 2. The molecule has 148 valence electrons. The maximum absolute atomic E-state index is 12.6. The molecule has 2 N–H and O–H groups in total. The van der Waals surface area contributed by atoms with Gasteiger partial charge in [-0.2, -0.15) is 8.78 Å². The predicted octanol–water partition coefficient (Wildman–Crippen LogP) is 3.63. The van der Waals surface area contributed by atoms with Gasteiger partial charge in [0.05, 0.1) is 25.9 Å². The fraction of sp³-hybridized carbons (Fsp3) is 0.444. The van der Waals surface area contributed by atoms with Gasteiger partial charge in [-0.15, -0.1) is 11.3 Å². The molecule has 0 amide bonds. The van der Waals surface area contributed by atoms with E-state index in [0.29, 0.717) is 30.4 Å². The van der Waals surface area contributed by atoms with Crippen molar-refractivity contribution in [2.24, 2.45) is 4.99 Å². The zero-order valence-electron chi connectivity index (χ0n) is 15.8. The number of rotatable bonds is 8. The Hall–Kier alpha value is -2.42. The van der Waals surface area contributed by atoms with Crippen LogP contribution >= 0.6 is 11.3 Å². The number of thiazole rings is 1. The van der Waals surface area contributed by atoms with Gasteiger partial charge in [0.2, 0.25) is 0 Å². The molecule has 0 fully saturated rings. The molecule has 0 aliphatic rings. The summed E-state index contributed by atoms with van der Waals surface area (Å²) >= 11 is 1.63. The lowest BCUT2D eigenvalue weighted by molar-refractivity contribution is -0.0504. The summed E-state index contributed by atoms with van der Waals surface area (Å²) in [6.45, 7) is 4.41. The Bertz CT molecular complexity index is 761. The normalized spacial score (nSPS) is 11.6. The van der Waals surface area contributed by atoms with Gasteiger partial charge in [0.25, 0.3) is 0 Å². The molecular weight excluding hydrogens is 374 g/mol. The van der Waals surface area contributed by atoms with E-state index in [9.17, 15) is 8.78 Å². The average molecular weight is 398 g/mol. The van der Waals surface area contributed by atoms with Crippen LogP contribution in [0.15, 0.2) is 23.2 Å². The predicted molar refractivity (Wildman–Crippen MR) is 103 cm³/mol. The number of aliphatic imine (C=N–C) groups is 1. The van der Waals surface area contributed by atoms with E-state index in [1.54, 1.807) is 23.5 Å². The van der Waals surface area contributed by atoms with Gasteiger partial charge in [0, 0.05) is 17.0 Å². The monoisotopic (exact) mass is 398 g/mol. The molecule has 1 heterocycles. The molecule has 0 saturated carbocycles. The highest BCUT2D eigenvalue weighted by atomic mass is 32.1. The molecule has 0 aliphatic heterocycles. The number of benzene rings is 1. The van der Waals surface area contributed by atoms with Crippen molar-refractivity contribution in [2.75, 3.05) is 13.7 Å². The van der Waals surface area contributed by atoms with Gasteiger partial charge >= 0.3 is 6.61 Å². The van der Waals surface area contributed by atoms with Gasteiger partial charge in [0.1, 0.15) is 16.5 Å². The van der Waals surface area contributed by atoms with E-state index in [-0.39, 0.29) is 12.3 Å². The molecule has 9 heteroatoms. The molecule has 0 atom stereocenters. The van der Waals surface area contributed by atoms with Gasteiger partial charge in [0.15, 0.2) is 5.96 Å². The molecule has 6 nitrogen and oxygen atoms in total. The van der Waals surface area contributed by atoms with Crippen LogP contribution in [0.5, 0.6) is 11.5 Å². The summed E-state index contributed by atoms with van der Waals surface area (Å²) < 4.78 is 35.0. The maximum Gasteiger partial charge on any atom is 0.387 e. The van der Waals surface area contributed by atoms with Gasteiger partial charge in [-0.05, 0) is 39.0 Å². The Morgan fingerprint density at radius 3 is 2.67 bits per heavy atom. The smallest absolute Gasteiger partial charge is 0.387 e. The summed E-state index contributed by atoms with van der Waals surface area (Å²) in [6, 6.07) is 4.66. The quantitative estimate of drug-likeness (QED) is 0.525. The minimum absolute atomic E-state index is 0.0802. The molecule has 27 heavy (non-hydrogen) atoms. The molecule has 0 unspecified atom stereocenters. The van der Waals surface area contributed by atoms with Crippen LogP contribution in [0.25, 0.3) is 0 Å². The summed E-state index contributed by atoms with van der Waals surface area (Å²) in [7, 11) is 1.51. The Labute approximate surface area is 161 Å². The van der Waals surface area contributed by atoms with Gasteiger partial charge < -0.3 is 20.1 Å². The zero-order valence-corrected chi connectivity index (χ0v) is 16.6. The van der Waals surface area contributed by atoms with Gasteiger partial charge in [-0.1, -0.05) is 0 Å². The van der Waals surface area contributed by atoms with Crippen molar-refractivity contribution in [1.29, 1.82) is 0 Å². The number of ether oxygens (including phenoxy) is 2. The van der Waals surface area contributed by atoms with Gasteiger partial charge in [-0.25, -0.2) is 9.98 Å². The Kier molecular flexibility index (Phi) is 7.78. The first-order valence-electron chi connectivity index (χ1n) is 8.49. The summed E-state index contributed by atoms with van der Waals surface area (Å²) in [4.78, 5) is 10.1. The van der Waals surface area contributed by atoms with E-state index < -0.39 is 6.61 Å². The van der Waals surface area contributed by atoms with Crippen molar-refractivity contribution in [3.05, 3.63) is 39.3 Å². The molecule has 1 aromatic heterocycles. The summed E-state index contributed by atoms with van der Waals surface area (Å²) in [6.07, 6.45) is 0. The van der Waals surface area contributed by atoms with E-state index >= 15 is 0 Å². The third kappa shape index (κ3) is 6.35. The second-order valence-electron chi connectivity index (χ2n) is 5.65. The van der Waals surface area contributed by atoms with Crippen LogP contribution in [0.2, 0.25) is 0 Å². The molecular formula is C18H24F2N4O2S. The molecule has 2 aromatic rings. The van der Waals surface area contributed by atoms with E-state index in [1.165, 1.54) is 18.1 Å². The first kappa shape index (κ1) is 20.9. The highest BCUT2D eigenvalue weighted by Gasteiger charge is 2.11. The number of guanidine groups is 1. The fourth-order valence-electron chi connectivity index (χ4n) is 2.30. The minimum atomic E-state index is -2.90. The number of halogens is 2. The summed E-state index contributed by atoms with van der Waals surface area (Å²) in [5.74, 6) is 1.19. The van der Waals surface area contributed by atoms with Crippen LogP contribution in [0, 0.1) is 13.8 Å². The molecule has 0 aliphatic carbocycles. The Morgan fingerprint density at radius 1 is 1.30 bits per heavy atom. The Morgan fingerprint density at radius 2 is 2.07 bits per heavy atom. The molecule has 0 radical (unpaired) electrons. The number of hydrogen-bond acceptors (Lipinski definition) is 5. The summed E-state index contributed by atoms with van der Waals surface area (Å²) in [5, 5.41) is 7.29. The summed E-state index contributed by atoms with van der Waals surface area (Å²) in [5.41, 5.74) is 1.52. The Balaban J connectivity index is 2.12. The molecule has 1 aromatic carbocycles. The highest BCUT2D eigenvalue weighted by molar-refractivity contribution is 7.11. The van der Waals surface area contributed by atoms with Crippen molar-refractivity contribution >= 4 is 17.3 Å². The lowest BCUT2D eigenvalue weighted by Crippen LogP contribution is -2.36. The lowest BCUT2D eigenvalue weighted by Gasteiger charge is -2.13. The van der Waals surface area contributed by atoms with Crippen LogP contribution in [0.3, 0.4) is 0 Å². The van der Waals surface area contributed by atoms with E-state index in [0.717, 1.165) is 10.7 Å². The molecule has 0 saturated heterocycles. The van der Waals surface area contributed by atoms with Crippen LogP contribution < -0.4 is 20.1 Å². The van der Waals surface area contributed by atoms with E-state index in [1.807, 2.05) is 20.8 Å². The SMILES string of the molecule is CCNC(=NCc1cc(OC)ccc1OC(F)F)NCc1nc(C)c(C)s1. The zero-order chi connectivity index (χ0) is 19.8. The number of aryl methyl sites for hydroxylation is 2. The van der Waals surface area contributed by atoms with Crippen LogP contribution in [-0.2, 0) is 13.1 Å². The standard InChI is InChI=1S/C18H24F2N4O2S/c1-5-21-18(23-10-16-24-11(2)12(3)27-16)22-9-13-8-14(25-4)6-7-15(13)26-17(19)20/h6-8,17H,5,9-10H2,1-4H3,(H2,21,22,23). The number of hydrogen-bond donors (Lipinski definition) is 2. The van der Waals surface area contributed by atoms with Crippen molar-refractivity contribution in [1.82, 2.24) is 15.6 Å². The molecule has 2 rings (SSSR count). The van der Waals surface area contributed by atoms with Crippen molar-refractivity contribution < 1.29 is 18.3 Å². The first-order chi connectivity index (χ1) is 12.9. The van der Waals surface area contributed by atoms with Gasteiger partial charge in [-0.3, -0.25) is 0 Å². The third-order valence-corrected chi connectivity index (χ3v) is 4.79. The average Bonchev–Trinajstić information content (AvgIpc) is 2.95. The second-order valence-corrected chi connectivity index (χ2v) is 6.94. The first-order valence-corrected chi connectivity index (χ1v) is 9.31. The number of methoxy groups -OCH3 is 1. The van der Waals surface area contributed by atoms with E-state index in [2.05, 4.69) is 25.3 Å². The minimum Gasteiger partial charge on any atom is -0.497 e. The second kappa shape index (κ2) is 10.1. The van der Waals surface area contributed by atoms with Crippen LogP contribution in [-0.4, -0.2) is 31.2 Å². The number of aromatic nitrogens is 1. The maximum atomic E-state index is 12.6. The lowest BCUT2D eigenvalue weighted by atomic mass is 10.2. The largest absolute Gasteiger partial charge is 0.497 e.